The molecule has 1 aliphatic carbocycles. The van der Waals surface area contributed by atoms with Gasteiger partial charge in [0.05, 0.1) is 5.25 Å². The molecule has 112 valence electrons. The van der Waals surface area contributed by atoms with Gasteiger partial charge < -0.3 is 5.73 Å². The third-order valence-electron chi connectivity index (χ3n) is 3.86. The topological polar surface area (TPSA) is 107 Å². The molecular formula is C12H20N4O3S. The Balaban J connectivity index is 1.89. The van der Waals surface area contributed by atoms with E-state index in [2.05, 4.69) is 9.82 Å². The molecule has 1 saturated carbocycles. The molecule has 1 aliphatic rings. The van der Waals surface area contributed by atoms with Crippen LogP contribution >= 0.6 is 0 Å². The number of nitrogens with two attached hydrogens (primary N) is 1. The van der Waals surface area contributed by atoms with Gasteiger partial charge in [-0.1, -0.05) is 0 Å². The van der Waals surface area contributed by atoms with Gasteiger partial charge in [-0.3, -0.25) is 9.48 Å². The Kier molecular flexibility index (Phi) is 4.44. The van der Waals surface area contributed by atoms with Gasteiger partial charge in [-0.2, -0.15) is 5.10 Å². The molecule has 0 unspecified atom stereocenters. The smallest absolute Gasteiger partial charge is 0.269 e. The average Bonchev–Trinajstić information content (AvgIpc) is 2.88. The van der Waals surface area contributed by atoms with Crippen LogP contribution in [0.25, 0.3) is 0 Å². The second-order valence-corrected chi connectivity index (χ2v) is 7.34. The van der Waals surface area contributed by atoms with E-state index in [0.29, 0.717) is 25.3 Å². The van der Waals surface area contributed by atoms with Gasteiger partial charge in [-0.05, 0) is 44.7 Å². The summed E-state index contributed by atoms with van der Waals surface area (Å²) >= 11 is 0. The van der Waals surface area contributed by atoms with Crippen molar-refractivity contribution in [3.05, 3.63) is 18.0 Å². The van der Waals surface area contributed by atoms with Crippen molar-refractivity contribution in [3.63, 3.8) is 0 Å². The molecule has 0 spiro atoms. The zero-order valence-electron chi connectivity index (χ0n) is 11.4. The van der Waals surface area contributed by atoms with Crippen LogP contribution in [-0.2, 0) is 16.6 Å². The third-order valence-corrected chi connectivity index (χ3v) is 5.77. The summed E-state index contributed by atoms with van der Waals surface area (Å²) in [5.41, 5.74) is 5.41. The van der Waals surface area contributed by atoms with E-state index in [1.54, 1.807) is 16.9 Å². The van der Waals surface area contributed by atoms with Crippen molar-refractivity contribution in [1.82, 2.24) is 14.5 Å². The van der Waals surface area contributed by atoms with Gasteiger partial charge in [0.15, 0.2) is 0 Å². The predicted molar refractivity (Wildman–Crippen MR) is 74.5 cm³/mol. The Morgan fingerprint density at radius 1 is 1.45 bits per heavy atom. The molecule has 1 fully saturated rings. The van der Waals surface area contributed by atoms with Gasteiger partial charge in [-0.15, -0.1) is 0 Å². The van der Waals surface area contributed by atoms with Gasteiger partial charge in [0.1, 0.15) is 5.69 Å². The summed E-state index contributed by atoms with van der Waals surface area (Å²) in [5.74, 6) is -0.147. The Morgan fingerprint density at radius 3 is 2.60 bits per heavy atom. The highest BCUT2D eigenvalue weighted by molar-refractivity contribution is 7.90. The summed E-state index contributed by atoms with van der Waals surface area (Å²) in [6.45, 7) is 0.694. The molecule has 0 radical (unpaired) electrons. The van der Waals surface area contributed by atoms with E-state index >= 15 is 0 Å². The van der Waals surface area contributed by atoms with Crippen molar-refractivity contribution < 1.29 is 13.2 Å². The number of nitrogens with zero attached hydrogens (tertiary/aromatic N) is 2. The van der Waals surface area contributed by atoms with Crippen molar-refractivity contribution in [2.24, 2.45) is 11.7 Å². The first-order valence-electron chi connectivity index (χ1n) is 6.68. The summed E-state index contributed by atoms with van der Waals surface area (Å²) in [6, 6.07) is 1.60. The lowest BCUT2D eigenvalue weighted by molar-refractivity contribution is 0.0994. The fraction of sp³-hybridized carbons (Fsp3) is 0.667. The van der Waals surface area contributed by atoms with E-state index in [1.807, 2.05) is 0 Å². The number of hydrogen-bond donors (Lipinski definition) is 2. The Labute approximate surface area is 118 Å². The van der Waals surface area contributed by atoms with E-state index in [-0.39, 0.29) is 10.9 Å². The highest BCUT2D eigenvalue weighted by Crippen LogP contribution is 2.29. The number of rotatable bonds is 5. The summed E-state index contributed by atoms with van der Waals surface area (Å²) in [6.07, 6.45) is 4.75. The van der Waals surface area contributed by atoms with Crippen LogP contribution < -0.4 is 10.5 Å². The van der Waals surface area contributed by atoms with Crippen molar-refractivity contribution in [2.45, 2.75) is 37.5 Å². The summed E-state index contributed by atoms with van der Waals surface area (Å²) in [4.78, 5) is 11.0. The molecule has 8 heteroatoms. The van der Waals surface area contributed by atoms with Crippen LogP contribution in [0.1, 0.15) is 36.2 Å². The number of sulfonamides is 1. The Hall–Kier alpha value is -1.41. The molecule has 2 rings (SSSR count). The van der Waals surface area contributed by atoms with Crippen LogP contribution in [0.15, 0.2) is 12.3 Å². The van der Waals surface area contributed by atoms with Crippen molar-refractivity contribution in [3.8, 4) is 0 Å². The maximum absolute atomic E-state index is 11.7. The van der Waals surface area contributed by atoms with Crippen molar-refractivity contribution >= 4 is 15.9 Å². The molecule has 20 heavy (non-hydrogen) atoms. The Morgan fingerprint density at radius 2 is 2.10 bits per heavy atom. The van der Waals surface area contributed by atoms with Gasteiger partial charge in [0.2, 0.25) is 10.0 Å². The minimum absolute atomic E-state index is 0.261. The van der Waals surface area contributed by atoms with Crippen LogP contribution in [0.2, 0.25) is 0 Å². The van der Waals surface area contributed by atoms with E-state index in [4.69, 9.17) is 5.73 Å². The molecule has 3 N–H and O–H groups in total. The highest BCUT2D eigenvalue weighted by Gasteiger charge is 2.29. The maximum Gasteiger partial charge on any atom is 0.269 e. The molecular weight excluding hydrogens is 280 g/mol. The van der Waals surface area contributed by atoms with Crippen LogP contribution in [0.5, 0.6) is 0 Å². The quantitative estimate of drug-likeness (QED) is 0.803. The second-order valence-electron chi connectivity index (χ2n) is 5.18. The van der Waals surface area contributed by atoms with Gasteiger partial charge >= 0.3 is 0 Å². The third kappa shape index (κ3) is 3.37. The summed E-state index contributed by atoms with van der Waals surface area (Å²) in [7, 11) is -1.70. The standard InChI is InChI=1S/C12H20N4O3S/c1-14-20(18,19)10-4-2-9(3-5-10)8-16-7-6-11(15-16)12(13)17/h6-7,9-10,14H,2-5,8H2,1H3,(H2,13,17). The zero-order valence-corrected chi connectivity index (χ0v) is 12.3. The summed E-state index contributed by atoms with van der Waals surface area (Å²) in [5, 5.41) is 3.81. The molecule has 1 heterocycles. The van der Waals surface area contributed by atoms with E-state index in [0.717, 1.165) is 12.8 Å². The lowest BCUT2D eigenvalue weighted by Gasteiger charge is -2.27. The van der Waals surface area contributed by atoms with Gasteiger partial charge in [0.25, 0.3) is 5.91 Å². The molecule has 1 amide bonds. The van der Waals surface area contributed by atoms with E-state index < -0.39 is 15.9 Å². The van der Waals surface area contributed by atoms with Crippen molar-refractivity contribution in [1.29, 1.82) is 0 Å². The highest BCUT2D eigenvalue weighted by atomic mass is 32.2. The molecule has 1 aromatic rings. The number of carbonyl (C=O) groups is 1. The first kappa shape index (κ1) is 15.0. The van der Waals surface area contributed by atoms with Crippen LogP contribution in [0.4, 0.5) is 0 Å². The van der Waals surface area contributed by atoms with Crippen LogP contribution in [-0.4, -0.2) is 36.4 Å². The second kappa shape index (κ2) is 5.92. The number of amides is 1. The van der Waals surface area contributed by atoms with E-state index in [9.17, 15) is 13.2 Å². The first-order valence-corrected chi connectivity index (χ1v) is 8.22. The largest absolute Gasteiger partial charge is 0.364 e. The number of aromatic nitrogens is 2. The first-order chi connectivity index (χ1) is 9.42. The van der Waals surface area contributed by atoms with E-state index in [1.165, 1.54) is 7.05 Å². The van der Waals surface area contributed by atoms with Gasteiger partial charge in [0, 0.05) is 12.7 Å². The molecule has 0 atom stereocenters. The predicted octanol–water partition coefficient (Wildman–Crippen LogP) is 0.0900. The molecule has 0 aromatic carbocycles. The zero-order chi connectivity index (χ0) is 14.8. The van der Waals surface area contributed by atoms with Crippen LogP contribution in [0.3, 0.4) is 0 Å². The monoisotopic (exact) mass is 300 g/mol. The van der Waals surface area contributed by atoms with Crippen molar-refractivity contribution in [2.75, 3.05) is 7.05 Å². The fourth-order valence-electron chi connectivity index (χ4n) is 2.65. The minimum atomic E-state index is -3.16. The molecule has 0 saturated heterocycles. The molecule has 7 nitrogen and oxygen atoms in total. The Bertz CT molecular complexity index is 573. The molecule has 1 aromatic heterocycles. The lowest BCUT2D eigenvalue weighted by Crippen LogP contribution is -2.35. The fourth-order valence-corrected chi connectivity index (χ4v) is 3.88. The minimum Gasteiger partial charge on any atom is -0.364 e. The van der Waals surface area contributed by atoms with Crippen LogP contribution in [0, 0.1) is 5.92 Å². The number of nitrogens with one attached hydrogen (secondary N) is 1. The average molecular weight is 300 g/mol. The maximum atomic E-state index is 11.7. The lowest BCUT2D eigenvalue weighted by atomic mass is 9.89. The number of primary amides is 1. The number of carbonyl (C=O) groups excluding carboxylic acids is 1. The summed E-state index contributed by atoms with van der Waals surface area (Å²) < 4.78 is 27.5. The van der Waals surface area contributed by atoms with Gasteiger partial charge in [-0.25, -0.2) is 13.1 Å². The molecule has 0 aliphatic heterocycles. The molecule has 0 bridgehead atoms. The number of hydrogen-bond acceptors (Lipinski definition) is 4. The SMILES string of the molecule is CNS(=O)(=O)C1CCC(Cn2ccc(C(N)=O)n2)CC1. The normalized spacial score (nSPS) is 23.6.